The molecule has 0 aliphatic heterocycles. The molecular formula is C27H39N3O7S. The quantitative estimate of drug-likeness (QED) is 0.247. The van der Waals surface area contributed by atoms with Crippen molar-refractivity contribution in [2.45, 2.75) is 94.9 Å². The average Bonchev–Trinajstić information content (AvgIpc) is 3.23. The summed E-state index contributed by atoms with van der Waals surface area (Å²) in [6, 6.07) is -0.742. The fourth-order valence-corrected chi connectivity index (χ4v) is 7.26. The summed E-state index contributed by atoms with van der Waals surface area (Å²) < 4.78 is 11.4. The minimum Gasteiger partial charge on any atom is -0.481 e. The van der Waals surface area contributed by atoms with Crippen LogP contribution in [0.3, 0.4) is 0 Å². The third kappa shape index (κ3) is 6.52. The molecule has 2 amide bonds. The Balaban J connectivity index is 1.41. The standard InChI is InChI=1S/C27H39N3O7S/c1-14(2)38-23-22(24(34)29-21-17-8-15-7-16(10-17)11-18(21)9-15)37-30-25(23)36-13-27(3,4)26(35)28-19(12-31)5-6-20(32)33/h12,14-19,21H,5-11,13H2,1-4H3,(H,28,35)(H,29,34)(H,32,33)/t15?,16?,17?,18?,19-,21?/m0/s1. The van der Waals surface area contributed by atoms with E-state index in [1.807, 2.05) is 13.8 Å². The van der Waals surface area contributed by atoms with Gasteiger partial charge in [-0.05, 0) is 81.2 Å². The molecule has 0 aromatic carbocycles. The first kappa shape index (κ1) is 28.4. The van der Waals surface area contributed by atoms with Crippen LogP contribution in [0.1, 0.15) is 83.2 Å². The number of carbonyl (C=O) groups is 4. The van der Waals surface area contributed by atoms with Gasteiger partial charge >= 0.3 is 5.97 Å². The first-order valence-corrected chi connectivity index (χ1v) is 14.4. The molecule has 1 heterocycles. The fraction of sp³-hybridized carbons (Fsp3) is 0.741. The van der Waals surface area contributed by atoms with E-state index in [2.05, 4.69) is 15.8 Å². The molecule has 210 valence electrons. The lowest BCUT2D eigenvalue weighted by Crippen LogP contribution is -2.55. The van der Waals surface area contributed by atoms with Gasteiger partial charge in [-0.1, -0.05) is 13.8 Å². The van der Waals surface area contributed by atoms with Crippen molar-refractivity contribution in [2.75, 3.05) is 6.61 Å². The molecular weight excluding hydrogens is 510 g/mol. The Morgan fingerprint density at radius 3 is 2.34 bits per heavy atom. The Morgan fingerprint density at radius 2 is 1.79 bits per heavy atom. The highest BCUT2D eigenvalue weighted by atomic mass is 32.2. The van der Waals surface area contributed by atoms with E-state index in [0.29, 0.717) is 23.0 Å². The van der Waals surface area contributed by atoms with Gasteiger partial charge in [0, 0.05) is 17.7 Å². The highest BCUT2D eigenvalue weighted by Crippen LogP contribution is 2.53. The van der Waals surface area contributed by atoms with Crippen LogP contribution in [-0.2, 0) is 14.4 Å². The van der Waals surface area contributed by atoms with Crippen LogP contribution in [0.4, 0.5) is 0 Å². The molecule has 4 saturated carbocycles. The predicted octanol–water partition coefficient (Wildman–Crippen LogP) is 3.68. The van der Waals surface area contributed by atoms with Crippen LogP contribution in [0.5, 0.6) is 5.88 Å². The summed E-state index contributed by atoms with van der Waals surface area (Å²) in [5.41, 5.74) is -1.06. The second-order valence-corrected chi connectivity index (χ2v) is 13.7. The van der Waals surface area contributed by atoms with Crippen molar-refractivity contribution in [3.05, 3.63) is 5.76 Å². The van der Waals surface area contributed by atoms with Crippen LogP contribution in [0, 0.1) is 29.1 Å². The van der Waals surface area contributed by atoms with Crippen molar-refractivity contribution in [2.24, 2.45) is 29.1 Å². The molecule has 0 unspecified atom stereocenters. The van der Waals surface area contributed by atoms with E-state index in [1.165, 1.54) is 43.9 Å². The lowest BCUT2D eigenvalue weighted by atomic mass is 9.54. The molecule has 0 spiro atoms. The summed E-state index contributed by atoms with van der Waals surface area (Å²) in [4.78, 5) is 48.8. The molecule has 1 atom stereocenters. The van der Waals surface area contributed by atoms with Gasteiger partial charge in [-0.3, -0.25) is 14.4 Å². The maximum absolute atomic E-state index is 13.4. The number of aliphatic carboxylic acids is 1. The molecule has 5 rings (SSSR count). The number of hydrogen-bond donors (Lipinski definition) is 3. The van der Waals surface area contributed by atoms with Crippen molar-refractivity contribution in [1.82, 2.24) is 15.8 Å². The monoisotopic (exact) mass is 549 g/mol. The molecule has 4 aliphatic carbocycles. The molecule has 1 aromatic rings. The summed E-state index contributed by atoms with van der Waals surface area (Å²) in [5, 5.41) is 18.8. The number of nitrogens with one attached hydrogen (secondary N) is 2. The van der Waals surface area contributed by atoms with Crippen molar-refractivity contribution in [1.29, 1.82) is 0 Å². The van der Waals surface area contributed by atoms with Gasteiger partial charge in [0.2, 0.25) is 11.7 Å². The number of carbonyl (C=O) groups excluding carboxylic acids is 3. The first-order chi connectivity index (χ1) is 18.0. The van der Waals surface area contributed by atoms with Gasteiger partial charge in [-0.2, -0.15) is 0 Å². The minimum atomic E-state index is -1.06. The third-order valence-corrected chi connectivity index (χ3v) is 9.11. The Kier molecular flexibility index (Phi) is 8.74. The van der Waals surface area contributed by atoms with Crippen molar-refractivity contribution in [3.8, 4) is 5.88 Å². The van der Waals surface area contributed by atoms with Crippen LogP contribution in [0.15, 0.2) is 9.42 Å². The number of carboxylic acid groups (broad SMARTS) is 1. The number of carboxylic acids is 1. The van der Waals surface area contributed by atoms with E-state index >= 15 is 0 Å². The fourth-order valence-electron chi connectivity index (χ4n) is 6.35. The second-order valence-electron chi connectivity index (χ2n) is 12.1. The average molecular weight is 550 g/mol. The smallest absolute Gasteiger partial charge is 0.303 e. The van der Waals surface area contributed by atoms with E-state index in [-0.39, 0.29) is 48.3 Å². The minimum absolute atomic E-state index is 0.00245. The van der Waals surface area contributed by atoms with Crippen molar-refractivity contribution < 1.29 is 33.5 Å². The molecule has 3 N–H and O–H groups in total. The number of nitrogens with zero attached hydrogens (tertiary/aromatic N) is 1. The molecule has 38 heavy (non-hydrogen) atoms. The number of rotatable bonds is 13. The molecule has 4 bridgehead atoms. The summed E-state index contributed by atoms with van der Waals surface area (Å²) in [5.74, 6) is 1.17. The van der Waals surface area contributed by atoms with Gasteiger partial charge < -0.3 is 29.8 Å². The van der Waals surface area contributed by atoms with Crippen LogP contribution < -0.4 is 15.4 Å². The van der Waals surface area contributed by atoms with E-state index in [1.54, 1.807) is 13.8 Å². The van der Waals surface area contributed by atoms with E-state index in [4.69, 9.17) is 14.4 Å². The van der Waals surface area contributed by atoms with Crippen molar-refractivity contribution in [3.63, 3.8) is 0 Å². The highest BCUT2D eigenvalue weighted by Gasteiger charge is 2.49. The molecule has 11 heteroatoms. The number of amides is 2. The topological polar surface area (TPSA) is 148 Å². The van der Waals surface area contributed by atoms with E-state index < -0.39 is 23.3 Å². The predicted molar refractivity (Wildman–Crippen MR) is 140 cm³/mol. The molecule has 4 fully saturated rings. The number of thioether (sulfide) groups is 1. The van der Waals surface area contributed by atoms with Gasteiger partial charge in [-0.15, -0.1) is 11.8 Å². The molecule has 1 aromatic heterocycles. The summed E-state index contributed by atoms with van der Waals surface area (Å²) >= 11 is 1.42. The largest absolute Gasteiger partial charge is 0.481 e. The number of ether oxygens (including phenoxy) is 1. The third-order valence-electron chi connectivity index (χ3n) is 8.04. The molecule has 4 aliphatic rings. The summed E-state index contributed by atoms with van der Waals surface area (Å²) in [6.07, 6.45) is 6.40. The lowest BCUT2D eigenvalue weighted by Gasteiger charge is -2.54. The zero-order valence-corrected chi connectivity index (χ0v) is 23.3. The van der Waals surface area contributed by atoms with E-state index in [9.17, 15) is 19.2 Å². The van der Waals surface area contributed by atoms with Crippen LogP contribution in [0.2, 0.25) is 0 Å². The Labute approximate surface area is 227 Å². The number of hydrogen-bond acceptors (Lipinski definition) is 8. The maximum Gasteiger partial charge on any atom is 0.303 e. The van der Waals surface area contributed by atoms with Crippen LogP contribution in [0.25, 0.3) is 0 Å². The maximum atomic E-state index is 13.4. The zero-order chi connectivity index (χ0) is 27.6. The zero-order valence-electron chi connectivity index (χ0n) is 22.5. The summed E-state index contributed by atoms with van der Waals surface area (Å²) in [6.45, 7) is 7.20. The van der Waals surface area contributed by atoms with Gasteiger partial charge in [-0.25, -0.2) is 0 Å². The number of aldehydes is 1. The van der Waals surface area contributed by atoms with Gasteiger partial charge in [0.1, 0.15) is 17.8 Å². The first-order valence-electron chi connectivity index (χ1n) is 13.5. The van der Waals surface area contributed by atoms with Crippen LogP contribution >= 0.6 is 11.8 Å². The highest BCUT2D eigenvalue weighted by molar-refractivity contribution is 8.00. The van der Waals surface area contributed by atoms with E-state index in [0.717, 1.165) is 11.8 Å². The Bertz CT molecular complexity index is 1030. The Morgan fingerprint density at radius 1 is 1.16 bits per heavy atom. The molecule has 10 nitrogen and oxygen atoms in total. The second kappa shape index (κ2) is 11.7. The SMILES string of the molecule is CC(C)Sc1c(OCC(C)(C)C(=O)N[C@H](C=O)CCC(=O)O)noc1C(=O)NC1C2CC3CC(C2)CC1C3. The molecule has 0 radical (unpaired) electrons. The molecule has 0 saturated heterocycles. The van der Waals surface area contributed by atoms with Gasteiger partial charge in [0.05, 0.1) is 11.5 Å². The van der Waals surface area contributed by atoms with Crippen molar-refractivity contribution >= 4 is 35.8 Å². The lowest BCUT2D eigenvalue weighted by molar-refractivity contribution is -0.138. The summed E-state index contributed by atoms with van der Waals surface area (Å²) in [7, 11) is 0. The van der Waals surface area contributed by atoms with Gasteiger partial charge in [0.25, 0.3) is 11.8 Å². The number of aromatic nitrogens is 1. The van der Waals surface area contributed by atoms with Gasteiger partial charge in [0.15, 0.2) is 0 Å². The normalized spacial score (nSPS) is 26.7. The van der Waals surface area contributed by atoms with Crippen LogP contribution in [-0.4, -0.2) is 58.3 Å². The Hall–Kier alpha value is -2.56.